The highest BCUT2D eigenvalue weighted by molar-refractivity contribution is 5.74. The molecule has 24 heavy (non-hydrogen) atoms. The van der Waals surface area contributed by atoms with E-state index in [1.54, 1.807) is 4.90 Å². The normalized spacial score (nSPS) is 26.5. The summed E-state index contributed by atoms with van der Waals surface area (Å²) in [6.07, 6.45) is 1.85. The first-order valence-corrected chi connectivity index (χ1v) is 8.48. The number of urea groups is 1. The molecule has 0 radical (unpaired) electrons. The van der Waals surface area contributed by atoms with Crippen molar-refractivity contribution in [2.45, 2.75) is 44.3 Å². The van der Waals surface area contributed by atoms with Crippen molar-refractivity contribution in [3.63, 3.8) is 0 Å². The molecule has 3 rings (SSSR count). The lowest BCUT2D eigenvalue weighted by molar-refractivity contribution is -0.143. The third-order valence-corrected chi connectivity index (χ3v) is 5.21. The Kier molecular flexibility index (Phi) is 4.73. The molecule has 1 aromatic rings. The lowest BCUT2D eigenvalue weighted by atomic mass is 9.80. The maximum Gasteiger partial charge on any atom is 0.317 e. The standard InChI is InChI=1S/C18H23FN2O3/c19-18(8-5-14(6-9-18)16(22)23)12-20-17(24)21-10-7-13-3-1-2-4-15(13)11-21/h1-4,14H,5-12H2,(H,20,24)(H,22,23). The summed E-state index contributed by atoms with van der Waals surface area (Å²) in [5, 5.41) is 11.7. The van der Waals surface area contributed by atoms with Crippen molar-refractivity contribution in [2.24, 2.45) is 5.92 Å². The number of amides is 2. The molecule has 1 fully saturated rings. The molecule has 0 saturated heterocycles. The zero-order valence-electron chi connectivity index (χ0n) is 13.6. The van der Waals surface area contributed by atoms with Crippen LogP contribution in [0.2, 0.25) is 0 Å². The highest BCUT2D eigenvalue weighted by atomic mass is 19.1. The van der Waals surface area contributed by atoms with E-state index in [1.165, 1.54) is 5.56 Å². The minimum absolute atomic E-state index is 0.0453. The number of halogens is 1. The van der Waals surface area contributed by atoms with Crippen molar-refractivity contribution < 1.29 is 19.1 Å². The Labute approximate surface area is 140 Å². The molecule has 2 amide bonds. The summed E-state index contributed by atoms with van der Waals surface area (Å²) in [6, 6.07) is 7.79. The van der Waals surface area contributed by atoms with E-state index in [4.69, 9.17) is 5.11 Å². The van der Waals surface area contributed by atoms with Gasteiger partial charge in [0.15, 0.2) is 0 Å². The van der Waals surface area contributed by atoms with Crippen LogP contribution in [0.5, 0.6) is 0 Å². The first kappa shape index (κ1) is 16.7. The molecule has 130 valence electrons. The SMILES string of the molecule is O=C(O)C1CCC(F)(CNC(=O)N2CCc3ccccc3C2)CC1. The largest absolute Gasteiger partial charge is 0.481 e. The second kappa shape index (κ2) is 6.79. The Balaban J connectivity index is 1.50. The summed E-state index contributed by atoms with van der Waals surface area (Å²) in [4.78, 5) is 25.0. The Hall–Kier alpha value is -2.11. The van der Waals surface area contributed by atoms with E-state index in [1.807, 2.05) is 18.2 Å². The number of aliphatic carboxylic acids is 1. The number of benzene rings is 1. The summed E-state index contributed by atoms with van der Waals surface area (Å²) < 4.78 is 14.7. The fraction of sp³-hybridized carbons (Fsp3) is 0.556. The monoisotopic (exact) mass is 334 g/mol. The number of carboxylic acids is 1. The molecule has 1 aliphatic carbocycles. The van der Waals surface area contributed by atoms with Gasteiger partial charge in [-0.15, -0.1) is 0 Å². The molecular weight excluding hydrogens is 311 g/mol. The molecule has 0 bridgehead atoms. The zero-order chi connectivity index (χ0) is 17.2. The topological polar surface area (TPSA) is 69.6 Å². The highest BCUT2D eigenvalue weighted by Gasteiger charge is 2.38. The number of carbonyl (C=O) groups excluding carboxylic acids is 1. The Morgan fingerprint density at radius 2 is 1.92 bits per heavy atom. The van der Waals surface area contributed by atoms with Gasteiger partial charge in [0.2, 0.25) is 0 Å². The van der Waals surface area contributed by atoms with Gasteiger partial charge in [0.05, 0.1) is 12.5 Å². The van der Waals surface area contributed by atoms with Crippen LogP contribution in [0.1, 0.15) is 36.8 Å². The molecule has 1 heterocycles. The number of rotatable bonds is 3. The second-order valence-electron chi connectivity index (χ2n) is 6.86. The molecule has 0 spiro atoms. The predicted molar refractivity (Wildman–Crippen MR) is 87.4 cm³/mol. The van der Waals surface area contributed by atoms with Gasteiger partial charge in [-0.2, -0.15) is 0 Å². The van der Waals surface area contributed by atoms with Gasteiger partial charge in [0.1, 0.15) is 5.67 Å². The average molecular weight is 334 g/mol. The van der Waals surface area contributed by atoms with Gasteiger partial charge in [-0.3, -0.25) is 4.79 Å². The molecule has 1 aliphatic heterocycles. The molecule has 0 atom stereocenters. The Morgan fingerprint density at radius 3 is 2.58 bits per heavy atom. The fourth-order valence-corrected chi connectivity index (χ4v) is 3.57. The lowest BCUT2D eigenvalue weighted by Crippen LogP contribution is -2.48. The quantitative estimate of drug-likeness (QED) is 0.893. The van der Waals surface area contributed by atoms with Crippen LogP contribution in [0.15, 0.2) is 24.3 Å². The third-order valence-electron chi connectivity index (χ3n) is 5.21. The van der Waals surface area contributed by atoms with E-state index < -0.39 is 17.6 Å². The van der Waals surface area contributed by atoms with Crippen LogP contribution >= 0.6 is 0 Å². The van der Waals surface area contributed by atoms with Crippen LogP contribution in [0.3, 0.4) is 0 Å². The van der Waals surface area contributed by atoms with E-state index >= 15 is 0 Å². The highest BCUT2D eigenvalue weighted by Crippen LogP contribution is 2.35. The predicted octanol–water partition coefficient (Wildman–Crippen LogP) is 2.74. The number of hydrogen-bond acceptors (Lipinski definition) is 2. The first-order valence-electron chi connectivity index (χ1n) is 8.48. The molecular formula is C18H23FN2O3. The van der Waals surface area contributed by atoms with E-state index in [2.05, 4.69) is 11.4 Å². The Bertz CT molecular complexity index is 626. The van der Waals surface area contributed by atoms with Crippen LogP contribution < -0.4 is 5.32 Å². The molecule has 2 aliphatic rings. The molecule has 0 aromatic heterocycles. The van der Waals surface area contributed by atoms with Crippen molar-refractivity contribution in [2.75, 3.05) is 13.1 Å². The smallest absolute Gasteiger partial charge is 0.317 e. The molecule has 0 unspecified atom stereocenters. The van der Waals surface area contributed by atoms with Gasteiger partial charge in [-0.25, -0.2) is 9.18 Å². The molecule has 2 N–H and O–H groups in total. The molecule has 1 aromatic carbocycles. The van der Waals surface area contributed by atoms with Crippen molar-refractivity contribution >= 4 is 12.0 Å². The summed E-state index contributed by atoms with van der Waals surface area (Å²) in [5.74, 6) is -1.31. The maximum atomic E-state index is 14.7. The Morgan fingerprint density at radius 1 is 1.25 bits per heavy atom. The summed E-state index contributed by atoms with van der Waals surface area (Å²) in [6.45, 7) is 1.13. The number of hydrogen-bond donors (Lipinski definition) is 2. The molecule has 5 nitrogen and oxygen atoms in total. The minimum Gasteiger partial charge on any atom is -0.481 e. The maximum absolute atomic E-state index is 14.7. The number of carbonyl (C=O) groups is 2. The van der Waals surface area contributed by atoms with Gasteiger partial charge >= 0.3 is 12.0 Å². The van der Waals surface area contributed by atoms with Crippen LogP contribution in [0.25, 0.3) is 0 Å². The van der Waals surface area contributed by atoms with Crippen LogP contribution in [-0.4, -0.2) is 40.8 Å². The summed E-state index contributed by atoms with van der Waals surface area (Å²) >= 11 is 0. The summed E-state index contributed by atoms with van der Waals surface area (Å²) in [5.41, 5.74) is 0.904. The zero-order valence-corrected chi connectivity index (χ0v) is 13.6. The number of nitrogens with zero attached hydrogens (tertiary/aromatic N) is 1. The van der Waals surface area contributed by atoms with Crippen LogP contribution in [0, 0.1) is 5.92 Å². The van der Waals surface area contributed by atoms with Crippen molar-refractivity contribution in [1.29, 1.82) is 0 Å². The van der Waals surface area contributed by atoms with E-state index in [9.17, 15) is 14.0 Å². The van der Waals surface area contributed by atoms with Crippen molar-refractivity contribution in [3.05, 3.63) is 35.4 Å². The van der Waals surface area contributed by atoms with Crippen molar-refractivity contribution in [3.8, 4) is 0 Å². The van der Waals surface area contributed by atoms with E-state index in [-0.39, 0.29) is 25.4 Å². The number of carboxylic acid groups (broad SMARTS) is 1. The minimum atomic E-state index is -1.49. The van der Waals surface area contributed by atoms with Gasteiger partial charge in [0, 0.05) is 13.1 Å². The van der Waals surface area contributed by atoms with Gasteiger partial charge in [0.25, 0.3) is 0 Å². The second-order valence-corrected chi connectivity index (χ2v) is 6.86. The summed E-state index contributed by atoms with van der Waals surface area (Å²) in [7, 11) is 0. The van der Waals surface area contributed by atoms with Gasteiger partial charge < -0.3 is 15.3 Å². The number of alkyl halides is 1. The molecule has 6 heteroatoms. The number of fused-ring (bicyclic) bond motifs is 1. The lowest BCUT2D eigenvalue weighted by Gasteiger charge is -2.34. The van der Waals surface area contributed by atoms with E-state index in [0.717, 1.165) is 12.0 Å². The van der Waals surface area contributed by atoms with Gasteiger partial charge in [-0.1, -0.05) is 24.3 Å². The van der Waals surface area contributed by atoms with Gasteiger partial charge in [-0.05, 0) is 43.2 Å². The van der Waals surface area contributed by atoms with E-state index in [0.29, 0.717) is 25.9 Å². The van der Waals surface area contributed by atoms with Crippen molar-refractivity contribution in [1.82, 2.24) is 10.2 Å². The third kappa shape index (κ3) is 3.68. The van der Waals surface area contributed by atoms with Crippen LogP contribution in [-0.2, 0) is 17.8 Å². The molecule has 1 saturated carbocycles. The number of nitrogens with one attached hydrogen (secondary N) is 1. The fourth-order valence-electron chi connectivity index (χ4n) is 3.57. The van der Waals surface area contributed by atoms with Crippen LogP contribution in [0.4, 0.5) is 9.18 Å². The first-order chi connectivity index (χ1) is 11.5. The average Bonchev–Trinajstić information content (AvgIpc) is 2.59.